The molecule has 0 saturated carbocycles. The summed E-state index contributed by atoms with van der Waals surface area (Å²) in [4.78, 5) is 16.9. The summed E-state index contributed by atoms with van der Waals surface area (Å²) in [5.41, 5.74) is 5.51. The maximum absolute atomic E-state index is 13.2. The number of carbonyl (C=O) groups is 1. The summed E-state index contributed by atoms with van der Waals surface area (Å²) >= 11 is 0. The zero-order valence-electron chi connectivity index (χ0n) is 16.5. The highest BCUT2D eigenvalue weighted by Crippen LogP contribution is 2.29. The highest BCUT2D eigenvalue weighted by molar-refractivity contribution is 5.86. The van der Waals surface area contributed by atoms with Crippen LogP contribution in [0, 0.1) is 5.82 Å². The molecule has 0 bridgehead atoms. The summed E-state index contributed by atoms with van der Waals surface area (Å²) in [6.07, 6.45) is 0. The van der Waals surface area contributed by atoms with E-state index in [9.17, 15) is 14.4 Å². The molecule has 6 heteroatoms. The number of piperazine rings is 1. The first-order valence-electron chi connectivity index (χ1n) is 10.00. The predicted octanol–water partition coefficient (Wildman–Crippen LogP) is 3.79. The Morgan fingerprint density at radius 3 is 2.03 bits per heavy atom. The molecule has 0 aromatic heterocycles. The number of hydroxylamine groups is 1. The van der Waals surface area contributed by atoms with Crippen molar-refractivity contribution in [1.29, 1.82) is 0 Å². The molecule has 0 aliphatic carbocycles. The van der Waals surface area contributed by atoms with Crippen LogP contribution in [0.3, 0.4) is 0 Å². The third kappa shape index (κ3) is 4.28. The number of nitrogens with one attached hydrogen (secondary N) is 1. The van der Waals surface area contributed by atoms with Crippen LogP contribution in [-0.4, -0.2) is 37.3 Å². The molecule has 1 aliphatic heterocycles. The SMILES string of the molecule is O=C(NO)C(c1ccccc1)c1cccc(N2CCN(c3ccc(F)cc3)CC2)c1. The Morgan fingerprint density at radius 1 is 0.800 bits per heavy atom. The van der Waals surface area contributed by atoms with E-state index in [1.807, 2.05) is 66.7 Å². The molecule has 0 spiro atoms. The summed E-state index contributed by atoms with van der Waals surface area (Å²) in [5.74, 6) is -1.27. The highest BCUT2D eigenvalue weighted by atomic mass is 19.1. The van der Waals surface area contributed by atoms with Crippen LogP contribution in [0.1, 0.15) is 17.0 Å². The maximum Gasteiger partial charge on any atom is 0.255 e. The molecule has 1 heterocycles. The van der Waals surface area contributed by atoms with Crippen LogP contribution in [-0.2, 0) is 4.79 Å². The first-order valence-corrected chi connectivity index (χ1v) is 10.00. The third-order valence-electron chi connectivity index (χ3n) is 5.55. The van der Waals surface area contributed by atoms with Gasteiger partial charge in [-0.15, -0.1) is 0 Å². The molecule has 154 valence electrons. The van der Waals surface area contributed by atoms with Gasteiger partial charge in [0.1, 0.15) is 5.82 Å². The number of amides is 1. The summed E-state index contributed by atoms with van der Waals surface area (Å²) in [6, 6.07) is 23.9. The topological polar surface area (TPSA) is 55.8 Å². The van der Waals surface area contributed by atoms with Crippen LogP contribution in [0.15, 0.2) is 78.9 Å². The predicted molar refractivity (Wildman–Crippen MR) is 115 cm³/mol. The Morgan fingerprint density at radius 2 is 1.40 bits per heavy atom. The van der Waals surface area contributed by atoms with Crippen LogP contribution in [0.5, 0.6) is 0 Å². The number of hydrogen-bond acceptors (Lipinski definition) is 4. The molecule has 1 aliphatic rings. The van der Waals surface area contributed by atoms with E-state index in [1.165, 1.54) is 12.1 Å². The normalized spacial score (nSPS) is 15.0. The van der Waals surface area contributed by atoms with E-state index in [0.717, 1.165) is 48.7 Å². The second kappa shape index (κ2) is 8.97. The van der Waals surface area contributed by atoms with Gasteiger partial charge < -0.3 is 9.80 Å². The fourth-order valence-corrected chi connectivity index (χ4v) is 3.98. The lowest BCUT2D eigenvalue weighted by atomic mass is 9.90. The van der Waals surface area contributed by atoms with E-state index < -0.39 is 11.8 Å². The number of carbonyl (C=O) groups excluding carboxylic acids is 1. The largest absolute Gasteiger partial charge is 0.368 e. The average molecular weight is 405 g/mol. The van der Waals surface area contributed by atoms with Crippen molar-refractivity contribution in [2.45, 2.75) is 5.92 Å². The van der Waals surface area contributed by atoms with Crippen LogP contribution >= 0.6 is 0 Å². The minimum absolute atomic E-state index is 0.228. The molecule has 0 radical (unpaired) electrons. The monoisotopic (exact) mass is 405 g/mol. The zero-order chi connectivity index (χ0) is 20.9. The molecular formula is C24H24FN3O2. The fraction of sp³-hybridized carbons (Fsp3) is 0.208. The molecule has 1 saturated heterocycles. The molecule has 4 rings (SSSR count). The van der Waals surface area contributed by atoms with Crippen LogP contribution in [0.25, 0.3) is 0 Å². The van der Waals surface area contributed by atoms with Crippen molar-refractivity contribution in [2.24, 2.45) is 0 Å². The number of rotatable bonds is 5. The van der Waals surface area contributed by atoms with E-state index in [1.54, 1.807) is 5.48 Å². The lowest BCUT2D eigenvalue weighted by Gasteiger charge is -2.37. The molecule has 2 N–H and O–H groups in total. The van der Waals surface area contributed by atoms with Crippen molar-refractivity contribution in [3.63, 3.8) is 0 Å². The van der Waals surface area contributed by atoms with E-state index in [-0.39, 0.29) is 5.82 Å². The van der Waals surface area contributed by atoms with Gasteiger partial charge in [-0.3, -0.25) is 10.0 Å². The van der Waals surface area contributed by atoms with Crippen molar-refractivity contribution in [1.82, 2.24) is 5.48 Å². The standard InChI is InChI=1S/C24H24FN3O2/c25-20-9-11-21(12-10-20)27-13-15-28(16-14-27)22-8-4-7-19(17-22)23(24(29)26-30)18-5-2-1-3-6-18/h1-12,17,23,30H,13-16H2,(H,26,29). The van der Waals surface area contributed by atoms with E-state index >= 15 is 0 Å². The fourth-order valence-electron chi connectivity index (χ4n) is 3.98. The average Bonchev–Trinajstić information content (AvgIpc) is 2.81. The Labute approximate surface area is 175 Å². The molecular weight excluding hydrogens is 381 g/mol. The molecule has 3 aromatic carbocycles. The van der Waals surface area contributed by atoms with Crippen LogP contribution < -0.4 is 15.3 Å². The molecule has 30 heavy (non-hydrogen) atoms. The van der Waals surface area contributed by atoms with Crippen molar-refractivity contribution < 1.29 is 14.4 Å². The van der Waals surface area contributed by atoms with Crippen molar-refractivity contribution in [2.75, 3.05) is 36.0 Å². The van der Waals surface area contributed by atoms with E-state index in [0.29, 0.717) is 0 Å². The van der Waals surface area contributed by atoms with Gasteiger partial charge in [0.2, 0.25) is 0 Å². The summed E-state index contributed by atoms with van der Waals surface area (Å²) in [7, 11) is 0. The molecule has 1 unspecified atom stereocenters. The van der Waals surface area contributed by atoms with Crippen LogP contribution in [0.4, 0.5) is 15.8 Å². The molecule has 1 amide bonds. The third-order valence-corrected chi connectivity index (χ3v) is 5.55. The number of nitrogens with zero attached hydrogens (tertiary/aromatic N) is 2. The zero-order valence-corrected chi connectivity index (χ0v) is 16.5. The van der Waals surface area contributed by atoms with Gasteiger partial charge in [0, 0.05) is 37.6 Å². The second-order valence-corrected chi connectivity index (χ2v) is 7.37. The van der Waals surface area contributed by atoms with Gasteiger partial charge in [-0.05, 0) is 47.5 Å². The quantitative estimate of drug-likeness (QED) is 0.501. The molecule has 1 atom stereocenters. The first-order chi connectivity index (χ1) is 14.7. The number of anilines is 2. The first kappa shape index (κ1) is 19.9. The number of benzene rings is 3. The number of hydrogen-bond donors (Lipinski definition) is 2. The number of halogens is 1. The Hall–Kier alpha value is -3.38. The lowest BCUT2D eigenvalue weighted by molar-refractivity contribution is -0.129. The van der Waals surface area contributed by atoms with Gasteiger partial charge in [-0.2, -0.15) is 0 Å². The van der Waals surface area contributed by atoms with Crippen molar-refractivity contribution in [3.8, 4) is 0 Å². The smallest absolute Gasteiger partial charge is 0.255 e. The maximum atomic E-state index is 13.2. The molecule has 5 nitrogen and oxygen atoms in total. The molecule has 3 aromatic rings. The van der Waals surface area contributed by atoms with Crippen LogP contribution in [0.2, 0.25) is 0 Å². The summed E-state index contributed by atoms with van der Waals surface area (Å²) < 4.78 is 13.2. The molecule has 1 fully saturated rings. The van der Waals surface area contributed by atoms with E-state index in [2.05, 4.69) is 9.80 Å². The summed E-state index contributed by atoms with van der Waals surface area (Å²) in [5, 5.41) is 9.26. The second-order valence-electron chi connectivity index (χ2n) is 7.37. The Balaban J connectivity index is 1.52. The van der Waals surface area contributed by atoms with Gasteiger partial charge in [0.15, 0.2) is 0 Å². The van der Waals surface area contributed by atoms with Gasteiger partial charge in [-0.25, -0.2) is 9.87 Å². The minimum atomic E-state index is -0.586. The Bertz CT molecular complexity index is 987. The minimum Gasteiger partial charge on any atom is -0.368 e. The van der Waals surface area contributed by atoms with E-state index in [4.69, 9.17) is 0 Å². The van der Waals surface area contributed by atoms with Gasteiger partial charge in [-0.1, -0.05) is 42.5 Å². The lowest BCUT2D eigenvalue weighted by Crippen LogP contribution is -2.46. The van der Waals surface area contributed by atoms with Gasteiger partial charge >= 0.3 is 0 Å². The highest BCUT2D eigenvalue weighted by Gasteiger charge is 2.24. The summed E-state index contributed by atoms with van der Waals surface area (Å²) in [6.45, 7) is 3.30. The van der Waals surface area contributed by atoms with Crippen molar-refractivity contribution >= 4 is 17.3 Å². The Kier molecular flexibility index (Phi) is 5.95. The van der Waals surface area contributed by atoms with Gasteiger partial charge in [0.25, 0.3) is 5.91 Å². The van der Waals surface area contributed by atoms with Crippen molar-refractivity contribution in [3.05, 3.63) is 95.8 Å². The van der Waals surface area contributed by atoms with Gasteiger partial charge in [0.05, 0.1) is 5.92 Å².